The minimum absolute atomic E-state index is 0.0332. The van der Waals surface area contributed by atoms with Crippen LogP contribution in [-0.2, 0) is 32.0 Å². The van der Waals surface area contributed by atoms with Gasteiger partial charge in [-0.2, -0.15) is 0 Å². The Morgan fingerprint density at radius 3 is 1.86 bits per heavy atom. The SMILES string of the molecule is CC(=O)C[C@@H](CCc1ccccc1)C(=O)N[C@@H](CC(C)C)C(=O)C[C@@H](Cc1ccccc1)C(C)=O. The van der Waals surface area contributed by atoms with Crippen LogP contribution in [0.2, 0.25) is 0 Å². The molecule has 0 aliphatic heterocycles. The summed E-state index contributed by atoms with van der Waals surface area (Å²) in [7, 11) is 0. The first-order chi connectivity index (χ1) is 16.7. The summed E-state index contributed by atoms with van der Waals surface area (Å²) in [6, 6.07) is 18.8. The van der Waals surface area contributed by atoms with E-state index in [0.717, 1.165) is 11.1 Å². The van der Waals surface area contributed by atoms with Crippen LogP contribution in [0, 0.1) is 17.8 Å². The first kappa shape index (κ1) is 28.2. The number of rotatable bonds is 15. The Bertz CT molecular complexity index is 968. The Kier molecular flexibility index (Phi) is 11.5. The van der Waals surface area contributed by atoms with Crippen LogP contribution < -0.4 is 5.32 Å². The summed E-state index contributed by atoms with van der Waals surface area (Å²) in [6.45, 7) is 7.01. The number of carbonyl (C=O) groups is 4. The molecule has 0 unspecified atom stereocenters. The molecule has 0 aliphatic carbocycles. The van der Waals surface area contributed by atoms with E-state index < -0.39 is 17.9 Å². The highest BCUT2D eigenvalue weighted by Crippen LogP contribution is 2.19. The van der Waals surface area contributed by atoms with Gasteiger partial charge in [-0.3, -0.25) is 14.4 Å². The van der Waals surface area contributed by atoms with Gasteiger partial charge in [0, 0.05) is 24.7 Å². The standard InChI is InChI=1S/C30H39NO4/c1-21(2)17-28(29(34)20-27(23(4)33)19-25-13-9-6-10-14-25)31-30(35)26(18-22(3)32)16-15-24-11-7-5-8-12-24/h5-14,21,26-28H,15-20H2,1-4H3,(H,31,35)/t26-,27-,28+/m1/s1. The highest BCUT2D eigenvalue weighted by molar-refractivity contribution is 5.93. The molecule has 2 rings (SSSR count). The van der Waals surface area contributed by atoms with Gasteiger partial charge in [0.15, 0.2) is 5.78 Å². The van der Waals surface area contributed by atoms with E-state index in [0.29, 0.717) is 25.7 Å². The Morgan fingerprint density at radius 1 is 0.771 bits per heavy atom. The van der Waals surface area contributed by atoms with Gasteiger partial charge >= 0.3 is 0 Å². The molecule has 0 radical (unpaired) electrons. The maximum atomic E-state index is 13.3. The van der Waals surface area contributed by atoms with Crippen molar-refractivity contribution in [1.82, 2.24) is 5.32 Å². The van der Waals surface area contributed by atoms with Gasteiger partial charge in [0.2, 0.25) is 5.91 Å². The number of nitrogens with one attached hydrogen (secondary N) is 1. The summed E-state index contributed by atoms with van der Waals surface area (Å²) in [6.07, 6.45) is 2.43. The molecule has 0 bridgehead atoms. The number of Topliss-reactive ketones (excluding diaryl/α,β-unsaturated/α-hetero) is 3. The zero-order valence-corrected chi connectivity index (χ0v) is 21.5. The van der Waals surface area contributed by atoms with Gasteiger partial charge in [-0.25, -0.2) is 0 Å². The van der Waals surface area contributed by atoms with Crippen molar-refractivity contribution < 1.29 is 19.2 Å². The number of amides is 1. The lowest BCUT2D eigenvalue weighted by Gasteiger charge is -2.24. The van der Waals surface area contributed by atoms with Crippen LogP contribution in [0.4, 0.5) is 0 Å². The molecule has 0 saturated heterocycles. The molecule has 3 atom stereocenters. The maximum Gasteiger partial charge on any atom is 0.224 e. The summed E-state index contributed by atoms with van der Waals surface area (Å²) in [5, 5.41) is 2.95. The average Bonchev–Trinajstić information content (AvgIpc) is 2.81. The summed E-state index contributed by atoms with van der Waals surface area (Å²) in [4.78, 5) is 50.7. The highest BCUT2D eigenvalue weighted by Gasteiger charge is 2.29. The third kappa shape index (κ3) is 10.4. The molecule has 0 fully saturated rings. The molecule has 0 heterocycles. The van der Waals surface area contributed by atoms with Crippen LogP contribution >= 0.6 is 0 Å². The second kappa shape index (κ2) is 14.3. The molecule has 5 heteroatoms. The Labute approximate surface area is 209 Å². The molecule has 0 aliphatic rings. The van der Waals surface area contributed by atoms with Crippen LogP contribution in [0.25, 0.3) is 0 Å². The molecule has 0 saturated carbocycles. The van der Waals surface area contributed by atoms with Gasteiger partial charge < -0.3 is 10.1 Å². The monoisotopic (exact) mass is 477 g/mol. The molecule has 1 amide bonds. The van der Waals surface area contributed by atoms with Crippen molar-refractivity contribution in [3.05, 3.63) is 71.8 Å². The lowest BCUT2D eigenvalue weighted by Crippen LogP contribution is -2.45. The van der Waals surface area contributed by atoms with Gasteiger partial charge in [-0.1, -0.05) is 74.5 Å². The van der Waals surface area contributed by atoms with Crippen molar-refractivity contribution in [3.8, 4) is 0 Å². The topological polar surface area (TPSA) is 80.3 Å². The van der Waals surface area contributed by atoms with Gasteiger partial charge in [0.1, 0.15) is 11.6 Å². The van der Waals surface area contributed by atoms with E-state index in [1.54, 1.807) is 0 Å². The van der Waals surface area contributed by atoms with Crippen LogP contribution in [0.5, 0.6) is 0 Å². The van der Waals surface area contributed by atoms with E-state index in [4.69, 9.17) is 0 Å². The first-order valence-electron chi connectivity index (χ1n) is 12.6. The largest absolute Gasteiger partial charge is 0.346 e. The minimum atomic E-state index is -0.675. The summed E-state index contributed by atoms with van der Waals surface area (Å²) >= 11 is 0. The van der Waals surface area contributed by atoms with Crippen molar-refractivity contribution >= 4 is 23.3 Å². The van der Waals surface area contributed by atoms with Crippen molar-refractivity contribution in [2.45, 2.75) is 72.3 Å². The van der Waals surface area contributed by atoms with Gasteiger partial charge in [0.25, 0.3) is 0 Å². The van der Waals surface area contributed by atoms with E-state index in [9.17, 15) is 19.2 Å². The average molecular weight is 478 g/mol. The zero-order valence-electron chi connectivity index (χ0n) is 21.5. The molecule has 188 valence electrons. The molecule has 0 spiro atoms. The number of ketones is 3. The maximum absolute atomic E-state index is 13.3. The van der Waals surface area contributed by atoms with Gasteiger partial charge in [0.05, 0.1) is 6.04 Å². The van der Waals surface area contributed by atoms with E-state index in [1.807, 2.05) is 74.5 Å². The minimum Gasteiger partial charge on any atom is -0.346 e. The normalized spacial score (nSPS) is 13.6. The quantitative estimate of drug-likeness (QED) is 0.385. The Balaban J connectivity index is 2.10. The highest BCUT2D eigenvalue weighted by atomic mass is 16.2. The Hall–Kier alpha value is -3.08. The third-order valence-electron chi connectivity index (χ3n) is 6.29. The zero-order chi connectivity index (χ0) is 25.8. The van der Waals surface area contributed by atoms with E-state index in [-0.39, 0.29) is 42.0 Å². The van der Waals surface area contributed by atoms with Crippen molar-refractivity contribution in [3.63, 3.8) is 0 Å². The molecule has 5 nitrogen and oxygen atoms in total. The molecular formula is C30H39NO4. The molecule has 35 heavy (non-hydrogen) atoms. The summed E-state index contributed by atoms with van der Waals surface area (Å²) < 4.78 is 0. The van der Waals surface area contributed by atoms with Crippen LogP contribution in [0.3, 0.4) is 0 Å². The molecule has 2 aromatic rings. The van der Waals surface area contributed by atoms with E-state index >= 15 is 0 Å². The number of benzene rings is 2. The number of aryl methyl sites for hydroxylation is 1. The predicted molar refractivity (Wildman–Crippen MR) is 139 cm³/mol. The fraction of sp³-hybridized carbons (Fsp3) is 0.467. The lowest BCUT2D eigenvalue weighted by atomic mass is 9.87. The Morgan fingerprint density at radius 2 is 1.34 bits per heavy atom. The third-order valence-corrected chi connectivity index (χ3v) is 6.29. The predicted octanol–water partition coefficient (Wildman–Crippen LogP) is 5.15. The smallest absolute Gasteiger partial charge is 0.224 e. The molecule has 0 aromatic heterocycles. The van der Waals surface area contributed by atoms with Crippen molar-refractivity contribution in [2.75, 3.05) is 0 Å². The summed E-state index contributed by atoms with van der Waals surface area (Å²) in [5.41, 5.74) is 2.11. The molecule has 2 aromatic carbocycles. The second-order valence-corrected chi connectivity index (χ2v) is 9.99. The first-order valence-corrected chi connectivity index (χ1v) is 12.6. The molecular weight excluding hydrogens is 438 g/mol. The fourth-order valence-corrected chi connectivity index (χ4v) is 4.33. The number of carbonyl (C=O) groups excluding carboxylic acids is 4. The van der Waals surface area contributed by atoms with Crippen LogP contribution in [0.15, 0.2) is 60.7 Å². The molecule has 1 N–H and O–H groups in total. The van der Waals surface area contributed by atoms with Crippen molar-refractivity contribution in [2.24, 2.45) is 17.8 Å². The van der Waals surface area contributed by atoms with E-state index in [1.165, 1.54) is 13.8 Å². The van der Waals surface area contributed by atoms with Crippen LogP contribution in [-0.4, -0.2) is 29.3 Å². The lowest BCUT2D eigenvalue weighted by molar-refractivity contribution is -0.133. The van der Waals surface area contributed by atoms with E-state index in [2.05, 4.69) is 5.32 Å². The summed E-state index contributed by atoms with van der Waals surface area (Å²) in [5.74, 6) is -1.22. The second-order valence-electron chi connectivity index (χ2n) is 9.99. The fourth-order valence-electron chi connectivity index (χ4n) is 4.33. The van der Waals surface area contributed by atoms with Gasteiger partial charge in [-0.15, -0.1) is 0 Å². The number of hydrogen-bond acceptors (Lipinski definition) is 4. The van der Waals surface area contributed by atoms with Gasteiger partial charge in [-0.05, 0) is 56.6 Å². The van der Waals surface area contributed by atoms with Crippen LogP contribution in [0.1, 0.15) is 64.5 Å². The van der Waals surface area contributed by atoms with Crippen molar-refractivity contribution in [1.29, 1.82) is 0 Å². The number of hydrogen-bond donors (Lipinski definition) is 1.